The van der Waals surface area contributed by atoms with Gasteiger partial charge < -0.3 is 15.0 Å². The summed E-state index contributed by atoms with van der Waals surface area (Å²) < 4.78 is 4.64. The average Bonchev–Trinajstić information content (AvgIpc) is 2.71. The largest absolute Gasteiger partial charge is 0.465 e. The second-order valence-electron chi connectivity index (χ2n) is 5.25. The first-order valence-corrected chi connectivity index (χ1v) is 7.36. The van der Waals surface area contributed by atoms with Crippen molar-refractivity contribution in [3.05, 3.63) is 29.8 Å². The number of ether oxygens (including phenoxy) is 1. The van der Waals surface area contributed by atoms with Gasteiger partial charge in [0, 0.05) is 18.7 Å². The summed E-state index contributed by atoms with van der Waals surface area (Å²) in [4.78, 5) is 37.0. The molecule has 1 fully saturated rings. The normalized spacial score (nSPS) is 15.1. The summed E-state index contributed by atoms with van der Waals surface area (Å²) in [6.07, 6.45) is 3.34. The maximum Gasteiger partial charge on any atom is 0.337 e. The highest BCUT2D eigenvalue weighted by Crippen LogP contribution is 2.13. The van der Waals surface area contributed by atoms with Crippen LogP contribution in [0.5, 0.6) is 0 Å². The van der Waals surface area contributed by atoms with E-state index in [1.807, 2.05) is 0 Å². The third kappa shape index (κ3) is 4.31. The maximum absolute atomic E-state index is 12.1. The van der Waals surface area contributed by atoms with Gasteiger partial charge in [0.2, 0.25) is 11.8 Å². The zero-order valence-corrected chi connectivity index (χ0v) is 12.6. The highest BCUT2D eigenvalue weighted by molar-refractivity contribution is 5.96. The summed E-state index contributed by atoms with van der Waals surface area (Å²) in [7, 11) is 1.30. The molecule has 1 heterocycles. The van der Waals surface area contributed by atoms with Crippen LogP contribution in [0.15, 0.2) is 24.3 Å². The molecule has 0 radical (unpaired) electrons. The number of hydrogen-bond acceptors (Lipinski definition) is 4. The number of hydrogen-bond donors (Lipinski definition) is 1. The van der Waals surface area contributed by atoms with E-state index in [1.165, 1.54) is 7.11 Å². The topological polar surface area (TPSA) is 75.7 Å². The molecule has 1 aliphatic heterocycles. The molecule has 1 aromatic carbocycles. The number of benzene rings is 1. The van der Waals surface area contributed by atoms with Gasteiger partial charge in [-0.15, -0.1) is 0 Å². The Bertz CT molecular complexity index is 571. The quantitative estimate of drug-likeness (QED) is 0.861. The molecule has 6 nitrogen and oxygen atoms in total. The van der Waals surface area contributed by atoms with Gasteiger partial charge in [-0.2, -0.15) is 0 Å². The smallest absolute Gasteiger partial charge is 0.337 e. The number of carbonyl (C=O) groups excluding carboxylic acids is 3. The Balaban J connectivity index is 1.96. The minimum atomic E-state index is -0.459. The Labute approximate surface area is 129 Å². The molecule has 118 valence electrons. The number of methoxy groups -OCH3 is 1. The molecule has 0 saturated carbocycles. The highest BCUT2D eigenvalue weighted by atomic mass is 16.5. The number of nitrogens with one attached hydrogen (secondary N) is 1. The summed E-state index contributed by atoms with van der Waals surface area (Å²) >= 11 is 0. The van der Waals surface area contributed by atoms with E-state index in [4.69, 9.17) is 0 Å². The lowest BCUT2D eigenvalue weighted by atomic mass is 10.2. The molecule has 6 heteroatoms. The first-order chi connectivity index (χ1) is 10.6. The van der Waals surface area contributed by atoms with Gasteiger partial charge in [-0.05, 0) is 31.0 Å². The predicted molar refractivity (Wildman–Crippen MR) is 81.5 cm³/mol. The molecular formula is C16H20N2O4. The molecule has 1 aliphatic rings. The van der Waals surface area contributed by atoms with E-state index in [9.17, 15) is 14.4 Å². The van der Waals surface area contributed by atoms with Crippen molar-refractivity contribution in [3.8, 4) is 0 Å². The second kappa shape index (κ2) is 7.59. The molecule has 0 aromatic heterocycles. The Morgan fingerprint density at radius 2 is 2.09 bits per heavy atom. The third-order valence-corrected chi connectivity index (χ3v) is 3.57. The Morgan fingerprint density at radius 1 is 1.27 bits per heavy atom. The Morgan fingerprint density at radius 3 is 2.86 bits per heavy atom. The molecule has 0 aliphatic carbocycles. The monoisotopic (exact) mass is 304 g/mol. The number of rotatable bonds is 4. The van der Waals surface area contributed by atoms with Crippen molar-refractivity contribution in [1.29, 1.82) is 0 Å². The molecular weight excluding hydrogens is 284 g/mol. The number of anilines is 1. The number of nitrogens with zero attached hydrogens (tertiary/aromatic N) is 1. The standard InChI is InChI=1S/C16H20N2O4/c1-22-16(21)12-6-5-7-13(10-12)17-14(19)11-18-9-4-2-3-8-15(18)20/h5-7,10H,2-4,8-9,11H2,1H3,(H,17,19). The van der Waals surface area contributed by atoms with Crippen LogP contribution in [0.1, 0.15) is 36.0 Å². The number of carbonyl (C=O) groups is 3. The molecule has 2 rings (SSSR count). The van der Waals surface area contributed by atoms with Gasteiger partial charge in [-0.25, -0.2) is 4.79 Å². The fourth-order valence-electron chi connectivity index (χ4n) is 2.42. The lowest BCUT2D eigenvalue weighted by molar-refractivity contribution is -0.134. The minimum Gasteiger partial charge on any atom is -0.465 e. The lowest BCUT2D eigenvalue weighted by Crippen LogP contribution is -2.37. The summed E-state index contributed by atoms with van der Waals surface area (Å²) in [6, 6.07) is 6.52. The average molecular weight is 304 g/mol. The van der Waals surface area contributed by atoms with Crippen molar-refractivity contribution < 1.29 is 19.1 Å². The summed E-state index contributed by atoms with van der Waals surface area (Å²) in [5.74, 6) is -0.702. The summed E-state index contributed by atoms with van der Waals surface area (Å²) in [5.41, 5.74) is 0.876. The van der Waals surface area contributed by atoms with Crippen LogP contribution in [0.3, 0.4) is 0 Å². The SMILES string of the molecule is COC(=O)c1cccc(NC(=O)CN2CCCCCC2=O)c1. The first kappa shape index (κ1) is 16.0. The van der Waals surface area contributed by atoms with Gasteiger partial charge in [-0.3, -0.25) is 9.59 Å². The van der Waals surface area contributed by atoms with Gasteiger partial charge in [0.25, 0.3) is 0 Å². The van der Waals surface area contributed by atoms with Crippen LogP contribution in [0, 0.1) is 0 Å². The zero-order chi connectivity index (χ0) is 15.9. The molecule has 2 amide bonds. The van der Waals surface area contributed by atoms with Gasteiger partial charge in [0.05, 0.1) is 19.2 Å². The molecule has 0 spiro atoms. The first-order valence-electron chi connectivity index (χ1n) is 7.36. The van der Waals surface area contributed by atoms with Crippen LogP contribution in [0.25, 0.3) is 0 Å². The minimum absolute atomic E-state index is 0.0240. The predicted octanol–water partition coefficient (Wildman–Crippen LogP) is 1.81. The van der Waals surface area contributed by atoms with Gasteiger partial charge in [0.15, 0.2) is 0 Å². The van der Waals surface area contributed by atoms with E-state index >= 15 is 0 Å². The van der Waals surface area contributed by atoms with E-state index in [-0.39, 0.29) is 18.4 Å². The third-order valence-electron chi connectivity index (χ3n) is 3.57. The summed E-state index contributed by atoms with van der Waals surface area (Å²) in [6.45, 7) is 0.662. The van der Waals surface area contributed by atoms with Crippen molar-refractivity contribution in [2.75, 3.05) is 25.5 Å². The lowest BCUT2D eigenvalue weighted by Gasteiger charge is -2.19. The molecule has 1 aromatic rings. The highest BCUT2D eigenvalue weighted by Gasteiger charge is 2.19. The van der Waals surface area contributed by atoms with Crippen LogP contribution in [-0.4, -0.2) is 42.9 Å². The molecule has 0 bridgehead atoms. The van der Waals surface area contributed by atoms with Crippen LogP contribution in [0.2, 0.25) is 0 Å². The molecule has 22 heavy (non-hydrogen) atoms. The number of amides is 2. The fourth-order valence-corrected chi connectivity index (χ4v) is 2.42. The van der Waals surface area contributed by atoms with Crippen molar-refractivity contribution in [2.24, 2.45) is 0 Å². The summed E-state index contributed by atoms with van der Waals surface area (Å²) in [5, 5.41) is 2.71. The second-order valence-corrected chi connectivity index (χ2v) is 5.25. The maximum atomic E-state index is 12.1. The van der Waals surface area contributed by atoms with Crippen molar-refractivity contribution in [1.82, 2.24) is 4.90 Å². The van der Waals surface area contributed by atoms with Crippen LogP contribution in [0.4, 0.5) is 5.69 Å². The van der Waals surface area contributed by atoms with E-state index in [0.717, 1.165) is 19.3 Å². The van der Waals surface area contributed by atoms with E-state index in [0.29, 0.717) is 24.2 Å². The van der Waals surface area contributed by atoms with Crippen molar-refractivity contribution in [2.45, 2.75) is 25.7 Å². The van der Waals surface area contributed by atoms with E-state index < -0.39 is 5.97 Å². The van der Waals surface area contributed by atoms with Crippen molar-refractivity contribution >= 4 is 23.5 Å². The van der Waals surface area contributed by atoms with Crippen LogP contribution < -0.4 is 5.32 Å². The molecule has 1 saturated heterocycles. The van der Waals surface area contributed by atoms with E-state index in [1.54, 1.807) is 29.2 Å². The van der Waals surface area contributed by atoms with E-state index in [2.05, 4.69) is 10.1 Å². The fraction of sp³-hybridized carbons (Fsp3) is 0.438. The van der Waals surface area contributed by atoms with Crippen molar-refractivity contribution in [3.63, 3.8) is 0 Å². The Hall–Kier alpha value is -2.37. The van der Waals surface area contributed by atoms with Crippen LogP contribution in [-0.2, 0) is 14.3 Å². The molecule has 0 atom stereocenters. The molecule has 1 N–H and O–H groups in total. The number of esters is 1. The van der Waals surface area contributed by atoms with Crippen LogP contribution >= 0.6 is 0 Å². The Kier molecular flexibility index (Phi) is 5.52. The zero-order valence-electron chi connectivity index (χ0n) is 12.6. The molecule has 0 unspecified atom stereocenters. The van der Waals surface area contributed by atoms with Gasteiger partial charge >= 0.3 is 5.97 Å². The van der Waals surface area contributed by atoms with Gasteiger partial charge in [0.1, 0.15) is 0 Å². The number of likely N-dealkylation sites (tertiary alicyclic amines) is 1. The van der Waals surface area contributed by atoms with Gasteiger partial charge in [-0.1, -0.05) is 12.5 Å².